The summed E-state index contributed by atoms with van der Waals surface area (Å²) in [4.78, 5) is 17.5. The van der Waals surface area contributed by atoms with E-state index in [0.717, 1.165) is 11.0 Å². The zero-order valence-corrected chi connectivity index (χ0v) is 14.4. The molecule has 0 unspecified atom stereocenters. The average Bonchev–Trinajstić information content (AvgIpc) is 3.02. The summed E-state index contributed by atoms with van der Waals surface area (Å²) >= 11 is 0. The smallest absolute Gasteiger partial charge is 0.319 e. The van der Waals surface area contributed by atoms with Crippen LogP contribution in [0.25, 0.3) is 0 Å². The monoisotopic (exact) mass is 341 g/mol. The van der Waals surface area contributed by atoms with Gasteiger partial charge in [-0.2, -0.15) is 8.99 Å². The summed E-state index contributed by atoms with van der Waals surface area (Å²) in [5.41, 5.74) is 0. The van der Waals surface area contributed by atoms with Crippen LogP contribution in [-0.4, -0.2) is 64.6 Å². The molecule has 0 spiro atoms. The van der Waals surface area contributed by atoms with Gasteiger partial charge < -0.3 is 4.90 Å². The average molecular weight is 341 g/mol. The number of hydrogen-bond donors (Lipinski definition) is 0. The van der Waals surface area contributed by atoms with Crippen molar-refractivity contribution in [2.75, 3.05) is 26.2 Å². The molecule has 0 atom stereocenters. The molecule has 0 N–H and O–H groups in total. The molecule has 1 rings (SSSR count). The van der Waals surface area contributed by atoms with Gasteiger partial charge in [-0.05, 0) is 13.3 Å². The molecule has 128 valence electrons. The Hall–Kier alpha value is -2.00. The topological polar surface area (TPSA) is 88.4 Å². The lowest BCUT2D eigenvalue weighted by Gasteiger charge is -2.18. The lowest BCUT2D eigenvalue weighted by molar-refractivity contribution is 0.204. The van der Waals surface area contributed by atoms with E-state index in [2.05, 4.69) is 23.2 Å². The van der Waals surface area contributed by atoms with E-state index in [1.165, 1.54) is 15.3 Å². The van der Waals surface area contributed by atoms with Crippen LogP contribution in [0.15, 0.2) is 36.8 Å². The van der Waals surface area contributed by atoms with Crippen LogP contribution in [0.1, 0.15) is 20.3 Å². The Morgan fingerprint density at radius 2 is 1.96 bits per heavy atom. The lowest BCUT2D eigenvalue weighted by atomic mass is 10.5. The van der Waals surface area contributed by atoms with Crippen molar-refractivity contribution in [3.8, 4) is 0 Å². The van der Waals surface area contributed by atoms with Crippen LogP contribution in [0.2, 0.25) is 0 Å². The van der Waals surface area contributed by atoms with Crippen molar-refractivity contribution >= 4 is 16.1 Å². The fourth-order valence-corrected chi connectivity index (χ4v) is 3.25. The maximum absolute atomic E-state index is 12.5. The third kappa shape index (κ3) is 4.49. The zero-order valence-electron chi connectivity index (χ0n) is 13.6. The minimum atomic E-state index is -3.85. The summed E-state index contributed by atoms with van der Waals surface area (Å²) in [6.45, 7) is 12.1. The van der Waals surface area contributed by atoms with Crippen LogP contribution in [0.4, 0.5) is 4.79 Å². The van der Waals surface area contributed by atoms with Crippen LogP contribution in [0.3, 0.4) is 0 Å². The summed E-state index contributed by atoms with van der Waals surface area (Å²) in [6, 6.07) is -0.452. The molecule has 0 saturated carbocycles. The van der Waals surface area contributed by atoms with E-state index in [1.54, 1.807) is 6.08 Å². The molecule has 0 aliphatic carbocycles. The van der Waals surface area contributed by atoms with E-state index in [9.17, 15) is 13.2 Å². The van der Waals surface area contributed by atoms with E-state index in [0.29, 0.717) is 26.1 Å². The van der Waals surface area contributed by atoms with Gasteiger partial charge in [0.1, 0.15) is 6.33 Å². The van der Waals surface area contributed by atoms with E-state index in [1.807, 2.05) is 13.8 Å². The molecule has 9 heteroatoms. The number of aromatic nitrogens is 3. The van der Waals surface area contributed by atoms with Gasteiger partial charge in [0, 0.05) is 26.2 Å². The normalized spacial score (nSPS) is 11.4. The van der Waals surface area contributed by atoms with Gasteiger partial charge in [-0.3, -0.25) is 0 Å². The van der Waals surface area contributed by atoms with Gasteiger partial charge in [-0.15, -0.1) is 18.3 Å². The van der Waals surface area contributed by atoms with Gasteiger partial charge >= 0.3 is 6.03 Å². The highest BCUT2D eigenvalue weighted by atomic mass is 32.2. The number of hydrogen-bond acceptors (Lipinski definition) is 5. The van der Waals surface area contributed by atoms with Crippen molar-refractivity contribution in [3.05, 3.63) is 31.6 Å². The van der Waals surface area contributed by atoms with Crippen LogP contribution in [0, 0.1) is 0 Å². The van der Waals surface area contributed by atoms with E-state index >= 15 is 0 Å². The first kappa shape index (κ1) is 19.0. The van der Waals surface area contributed by atoms with Gasteiger partial charge in [0.25, 0.3) is 15.2 Å². The summed E-state index contributed by atoms with van der Waals surface area (Å²) in [5, 5.41) is 3.44. The molecule has 1 heterocycles. The molecule has 0 aromatic carbocycles. The minimum Gasteiger partial charge on any atom is -0.319 e. The van der Waals surface area contributed by atoms with Gasteiger partial charge in [-0.1, -0.05) is 19.1 Å². The Balaban J connectivity index is 3.07. The highest BCUT2D eigenvalue weighted by Crippen LogP contribution is 2.11. The molecule has 0 fully saturated rings. The molecule has 23 heavy (non-hydrogen) atoms. The molecule has 8 nitrogen and oxygen atoms in total. The maximum atomic E-state index is 12.5. The molecule has 0 saturated heterocycles. The highest BCUT2D eigenvalue weighted by molar-refractivity contribution is 7.88. The van der Waals surface area contributed by atoms with E-state index < -0.39 is 21.2 Å². The summed E-state index contributed by atoms with van der Waals surface area (Å²) in [5.74, 6) is 0. The standard InChI is InChI=1S/C14H23N5O3S/c1-5-9-17(8-4)14(20)19-12-15-13(16-19)23(21,22)18(10-6-2)11-7-3/h5-6,12H,1-2,7-11H2,3-4H3. The fraction of sp³-hybridized carbons (Fsp3) is 0.500. The van der Waals surface area contributed by atoms with Crippen molar-refractivity contribution in [1.82, 2.24) is 24.0 Å². The van der Waals surface area contributed by atoms with Gasteiger partial charge in [0.05, 0.1) is 0 Å². The zero-order chi connectivity index (χ0) is 17.5. The second-order valence-electron chi connectivity index (χ2n) is 4.73. The summed E-state index contributed by atoms with van der Waals surface area (Å²) in [6.07, 6.45) is 4.84. The van der Waals surface area contributed by atoms with Crippen molar-refractivity contribution < 1.29 is 13.2 Å². The minimum absolute atomic E-state index is 0.163. The number of carbonyl (C=O) groups is 1. The third-order valence-corrected chi connectivity index (χ3v) is 4.70. The first-order chi connectivity index (χ1) is 10.9. The molecular weight excluding hydrogens is 318 g/mol. The Kier molecular flexibility index (Phi) is 7.11. The number of sulfonamides is 1. The Bertz CT molecular complexity index is 653. The van der Waals surface area contributed by atoms with E-state index in [4.69, 9.17) is 0 Å². The molecule has 1 amide bonds. The first-order valence-electron chi connectivity index (χ1n) is 7.35. The number of rotatable bonds is 9. The van der Waals surface area contributed by atoms with Crippen molar-refractivity contribution in [2.24, 2.45) is 0 Å². The van der Waals surface area contributed by atoms with Crippen molar-refractivity contribution in [1.29, 1.82) is 0 Å². The largest absolute Gasteiger partial charge is 0.346 e. The molecule has 0 radical (unpaired) electrons. The van der Waals surface area contributed by atoms with Crippen LogP contribution in [-0.2, 0) is 10.0 Å². The van der Waals surface area contributed by atoms with Crippen LogP contribution in [0.5, 0.6) is 0 Å². The Morgan fingerprint density at radius 3 is 2.48 bits per heavy atom. The molecule has 0 aliphatic heterocycles. The fourth-order valence-electron chi connectivity index (χ4n) is 1.92. The van der Waals surface area contributed by atoms with Gasteiger partial charge in [0.15, 0.2) is 0 Å². The predicted octanol–water partition coefficient (Wildman–Crippen LogP) is 1.34. The third-order valence-electron chi connectivity index (χ3n) is 3.04. The quantitative estimate of drug-likeness (QED) is 0.633. The van der Waals surface area contributed by atoms with Crippen LogP contribution >= 0.6 is 0 Å². The van der Waals surface area contributed by atoms with Crippen molar-refractivity contribution in [2.45, 2.75) is 25.4 Å². The molecular formula is C14H23N5O3S. The van der Waals surface area contributed by atoms with Gasteiger partial charge in [0.2, 0.25) is 0 Å². The van der Waals surface area contributed by atoms with Crippen LogP contribution < -0.4 is 0 Å². The lowest BCUT2D eigenvalue weighted by Crippen LogP contribution is -2.35. The summed E-state index contributed by atoms with van der Waals surface area (Å²) < 4.78 is 27.2. The number of carbonyl (C=O) groups excluding carboxylic acids is 1. The molecule has 1 aromatic heterocycles. The van der Waals surface area contributed by atoms with E-state index in [-0.39, 0.29) is 6.54 Å². The SMILES string of the molecule is C=CCN(CC)C(=O)n1cnc(S(=O)(=O)N(CC=C)CCC)n1. The predicted molar refractivity (Wildman–Crippen MR) is 87.5 cm³/mol. The maximum Gasteiger partial charge on any atom is 0.346 e. The summed E-state index contributed by atoms with van der Waals surface area (Å²) in [7, 11) is -3.85. The molecule has 0 aliphatic rings. The second kappa shape index (κ2) is 8.59. The molecule has 0 bridgehead atoms. The molecule has 1 aromatic rings. The number of nitrogens with zero attached hydrogens (tertiary/aromatic N) is 5. The van der Waals surface area contributed by atoms with Crippen molar-refractivity contribution in [3.63, 3.8) is 0 Å². The number of likely N-dealkylation sites (N-methyl/N-ethyl adjacent to an activating group) is 1. The second-order valence-corrected chi connectivity index (χ2v) is 6.57. The Morgan fingerprint density at radius 1 is 1.30 bits per heavy atom. The highest BCUT2D eigenvalue weighted by Gasteiger charge is 2.28. The number of amides is 1. The Labute approximate surface area is 137 Å². The van der Waals surface area contributed by atoms with Gasteiger partial charge in [-0.25, -0.2) is 18.2 Å². The first-order valence-corrected chi connectivity index (χ1v) is 8.79.